The summed E-state index contributed by atoms with van der Waals surface area (Å²) in [6.07, 6.45) is 1.39. The molecule has 0 atom stereocenters. The van der Waals surface area contributed by atoms with E-state index in [1.807, 2.05) is 19.9 Å². The molecule has 4 rings (SSSR count). The Kier molecular flexibility index (Phi) is 7.52. The lowest BCUT2D eigenvalue weighted by Crippen LogP contribution is -2.54. The Morgan fingerprint density at radius 2 is 1.61 bits per heavy atom. The predicted molar refractivity (Wildman–Crippen MR) is 140 cm³/mol. The maximum Gasteiger partial charge on any atom is 0.335 e. The molecule has 3 aromatic rings. The summed E-state index contributed by atoms with van der Waals surface area (Å²) in [6.45, 7) is 5.99. The Bertz CT molecular complexity index is 1440. The molecule has 3 aromatic carbocycles. The highest BCUT2D eigenvalue weighted by Gasteiger charge is 2.37. The first-order valence-electron chi connectivity index (χ1n) is 11.8. The Labute approximate surface area is 218 Å². The zero-order valence-electron chi connectivity index (χ0n) is 21.0. The van der Waals surface area contributed by atoms with Gasteiger partial charge in [-0.15, -0.1) is 0 Å². The van der Waals surface area contributed by atoms with Crippen LogP contribution in [0.3, 0.4) is 0 Å². The zero-order valence-corrected chi connectivity index (χ0v) is 21.0. The number of non-ortho nitro benzene ring substituents is 1. The number of hydrogen-bond donors (Lipinski definition) is 1. The Balaban J connectivity index is 1.59. The quantitative estimate of drug-likeness (QED) is 0.196. The minimum Gasteiger partial charge on any atom is -0.490 e. The van der Waals surface area contributed by atoms with Crippen molar-refractivity contribution in [3.8, 4) is 11.5 Å². The van der Waals surface area contributed by atoms with E-state index < -0.39 is 22.8 Å². The van der Waals surface area contributed by atoms with Crippen molar-refractivity contribution >= 4 is 35.3 Å². The summed E-state index contributed by atoms with van der Waals surface area (Å²) in [5, 5.41) is 13.1. The normalized spacial score (nSPS) is 14.4. The van der Waals surface area contributed by atoms with Gasteiger partial charge >= 0.3 is 6.03 Å². The SMILES string of the molecule is CCOc1cc(C=C2C(=O)NC(=O)N(c3cc(C)cc(C)c3)C2=O)ccc1OCc1ccc([N+](=O)[O-])cc1. The number of nitro groups is 1. The molecule has 0 spiro atoms. The van der Waals surface area contributed by atoms with Gasteiger partial charge in [0.2, 0.25) is 0 Å². The number of ether oxygens (including phenoxy) is 2. The molecule has 0 unspecified atom stereocenters. The van der Waals surface area contributed by atoms with Gasteiger partial charge in [-0.05, 0) is 85.5 Å². The number of amides is 4. The minimum atomic E-state index is -0.813. The van der Waals surface area contributed by atoms with Crippen LogP contribution in [0.5, 0.6) is 11.5 Å². The van der Waals surface area contributed by atoms with Gasteiger partial charge in [-0.25, -0.2) is 9.69 Å². The average molecular weight is 516 g/mol. The highest BCUT2D eigenvalue weighted by atomic mass is 16.6. The second-order valence-corrected chi connectivity index (χ2v) is 8.66. The fourth-order valence-corrected chi connectivity index (χ4v) is 4.02. The Morgan fingerprint density at radius 1 is 0.921 bits per heavy atom. The molecule has 1 saturated heterocycles. The van der Waals surface area contributed by atoms with E-state index in [4.69, 9.17) is 9.47 Å². The van der Waals surface area contributed by atoms with Crippen LogP contribution < -0.4 is 19.7 Å². The third-order valence-electron chi connectivity index (χ3n) is 5.69. The summed E-state index contributed by atoms with van der Waals surface area (Å²) in [6, 6.07) is 15.4. The van der Waals surface area contributed by atoms with Crippen LogP contribution in [-0.4, -0.2) is 29.4 Å². The van der Waals surface area contributed by atoms with Gasteiger partial charge in [0.05, 0.1) is 17.2 Å². The van der Waals surface area contributed by atoms with Gasteiger partial charge in [-0.3, -0.25) is 25.0 Å². The van der Waals surface area contributed by atoms with Crippen molar-refractivity contribution < 1.29 is 28.8 Å². The minimum absolute atomic E-state index is 0.0137. The lowest BCUT2D eigenvalue weighted by atomic mass is 10.0. The van der Waals surface area contributed by atoms with Crippen LogP contribution in [0.4, 0.5) is 16.2 Å². The Hall–Kier alpha value is -4.99. The lowest BCUT2D eigenvalue weighted by Gasteiger charge is -2.27. The van der Waals surface area contributed by atoms with Crippen LogP contribution in [0.1, 0.15) is 29.2 Å². The number of rotatable bonds is 8. The molecule has 0 radical (unpaired) electrons. The van der Waals surface area contributed by atoms with E-state index >= 15 is 0 Å². The van der Waals surface area contributed by atoms with Gasteiger partial charge in [-0.2, -0.15) is 0 Å². The van der Waals surface area contributed by atoms with E-state index in [1.165, 1.54) is 18.2 Å². The Morgan fingerprint density at radius 3 is 2.24 bits per heavy atom. The third-order valence-corrected chi connectivity index (χ3v) is 5.69. The molecule has 1 aliphatic heterocycles. The topological polar surface area (TPSA) is 128 Å². The number of imide groups is 2. The number of aryl methyl sites for hydroxylation is 2. The lowest BCUT2D eigenvalue weighted by molar-refractivity contribution is -0.384. The first-order chi connectivity index (χ1) is 18.2. The summed E-state index contributed by atoms with van der Waals surface area (Å²) in [5.74, 6) is -0.731. The smallest absolute Gasteiger partial charge is 0.335 e. The van der Waals surface area contributed by atoms with Crippen LogP contribution in [-0.2, 0) is 16.2 Å². The first kappa shape index (κ1) is 26.1. The van der Waals surface area contributed by atoms with E-state index in [0.29, 0.717) is 29.4 Å². The monoisotopic (exact) mass is 515 g/mol. The van der Waals surface area contributed by atoms with Gasteiger partial charge in [-0.1, -0.05) is 12.1 Å². The predicted octanol–water partition coefficient (Wildman–Crippen LogP) is 4.86. The molecule has 10 nitrogen and oxygen atoms in total. The van der Waals surface area contributed by atoms with Crippen molar-refractivity contribution in [2.45, 2.75) is 27.4 Å². The molecule has 0 aliphatic carbocycles. The molecule has 194 valence electrons. The van der Waals surface area contributed by atoms with Crippen LogP contribution in [0.25, 0.3) is 6.08 Å². The number of nitrogens with one attached hydrogen (secondary N) is 1. The second kappa shape index (κ2) is 11.0. The van der Waals surface area contributed by atoms with Crippen molar-refractivity contribution in [1.29, 1.82) is 0 Å². The molecular weight excluding hydrogens is 490 g/mol. The van der Waals surface area contributed by atoms with Gasteiger partial charge in [0.25, 0.3) is 17.5 Å². The number of carbonyl (C=O) groups excluding carboxylic acids is 3. The fraction of sp³-hybridized carbons (Fsp3) is 0.179. The van der Waals surface area contributed by atoms with Crippen LogP contribution in [0, 0.1) is 24.0 Å². The van der Waals surface area contributed by atoms with Gasteiger partial charge in [0.1, 0.15) is 12.2 Å². The van der Waals surface area contributed by atoms with E-state index in [1.54, 1.807) is 49.4 Å². The third kappa shape index (κ3) is 5.70. The highest BCUT2D eigenvalue weighted by molar-refractivity contribution is 6.39. The molecule has 0 aromatic heterocycles. The highest BCUT2D eigenvalue weighted by Crippen LogP contribution is 2.31. The molecule has 10 heteroatoms. The number of carbonyl (C=O) groups is 3. The van der Waals surface area contributed by atoms with Gasteiger partial charge < -0.3 is 9.47 Å². The van der Waals surface area contributed by atoms with Crippen molar-refractivity contribution in [2.75, 3.05) is 11.5 Å². The molecule has 0 saturated carbocycles. The van der Waals surface area contributed by atoms with Crippen molar-refractivity contribution in [3.05, 3.63) is 98.6 Å². The molecular formula is C28H25N3O7. The molecule has 1 aliphatic rings. The van der Waals surface area contributed by atoms with Gasteiger partial charge in [0.15, 0.2) is 11.5 Å². The second-order valence-electron chi connectivity index (χ2n) is 8.66. The number of anilines is 1. The summed E-state index contributed by atoms with van der Waals surface area (Å²) < 4.78 is 11.6. The van der Waals surface area contributed by atoms with Crippen LogP contribution in [0.15, 0.2) is 66.2 Å². The number of benzene rings is 3. The maximum absolute atomic E-state index is 13.3. The maximum atomic E-state index is 13.3. The zero-order chi connectivity index (χ0) is 27.4. The van der Waals surface area contributed by atoms with Gasteiger partial charge in [0, 0.05) is 12.1 Å². The van der Waals surface area contributed by atoms with Crippen molar-refractivity contribution in [2.24, 2.45) is 0 Å². The largest absolute Gasteiger partial charge is 0.490 e. The molecule has 1 fully saturated rings. The first-order valence-corrected chi connectivity index (χ1v) is 11.8. The fourth-order valence-electron chi connectivity index (χ4n) is 4.02. The van der Waals surface area contributed by atoms with Crippen LogP contribution >= 0.6 is 0 Å². The van der Waals surface area contributed by atoms with Crippen molar-refractivity contribution in [3.63, 3.8) is 0 Å². The summed E-state index contributed by atoms with van der Waals surface area (Å²) in [5.41, 5.74) is 3.11. The number of hydrogen-bond acceptors (Lipinski definition) is 7. The standard InChI is InChI=1S/C28H25N3O7/c1-4-37-25-15-20(7-10-24(25)38-16-19-5-8-21(9-6-19)31(35)36)14-23-26(32)29-28(34)30(27(23)33)22-12-17(2)11-18(3)13-22/h5-15H,4,16H2,1-3H3,(H,29,32,34). The average Bonchev–Trinajstić information content (AvgIpc) is 2.86. The number of nitro benzene ring substituents is 1. The van der Waals surface area contributed by atoms with E-state index in [2.05, 4.69) is 5.32 Å². The van der Waals surface area contributed by atoms with E-state index in [0.717, 1.165) is 21.6 Å². The molecule has 38 heavy (non-hydrogen) atoms. The summed E-state index contributed by atoms with van der Waals surface area (Å²) >= 11 is 0. The molecule has 1 N–H and O–H groups in total. The van der Waals surface area contributed by atoms with E-state index in [9.17, 15) is 24.5 Å². The van der Waals surface area contributed by atoms with E-state index in [-0.39, 0.29) is 17.9 Å². The number of barbiturate groups is 1. The molecule has 4 amide bonds. The van der Waals surface area contributed by atoms with Crippen molar-refractivity contribution in [1.82, 2.24) is 5.32 Å². The summed E-state index contributed by atoms with van der Waals surface area (Å²) in [7, 11) is 0. The number of urea groups is 1. The molecule has 0 bridgehead atoms. The number of nitrogens with zero attached hydrogens (tertiary/aromatic N) is 2. The summed E-state index contributed by atoms with van der Waals surface area (Å²) in [4.78, 5) is 49.7. The molecule has 1 heterocycles. The van der Waals surface area contributed by atoms with Crippen LogP contribution in [0.2, 0.25) is 0 Å².